The van der Waals surface area contributed by atoms with E-state index in [9.17, 15) is 9.50 Å². The number of benzene rings is 1. The van der Waals surface area contributed by atoms with Crippen LogP contribution in [0.2, 0.25) is 0 Å². The van der Waals surface area contributed by atoms with Crippen molar-refractivity contribution in [3.8, 4) is 0 Å². The van der Waals surface area contributed by atoms with Crippen molar-refractivity contribution in [2.24, 2.45) is 5.92 Å². The van der Waals surface area contributed by atoms with E-state index in [2.05, 4.69) is 10.3 Å². The average Bonchev–Trinajstić information content (AvgIpc) is 3.12. The number of fused-ring (bicyclic) bond motifs is 1. The monoisotopic (exact) mass is 339 g/mol. The highest BCUT2D eigenvalue weighted by molar-refractivity contribution is 5.55. The lowest BCUT2D eigenvalue weighted by molar-refractivity contribution is 0.306. The number of aliphatic hydroxyl groups excluding tert-OH is 1. The summed E-state index contributed by atoms with van der Waals surface area (Å²) in [5.74, 6) is 1.13. The van der Waals surface area contributed by atoms with Crippen LogP contribution < -0.4 is 5.32 Å². The fourth-order valence-electron chi connectivity index (χ4n) is 4.00. The molecule has 130 valence electrons. The lowest BCUT2D eigenvalue weighted by Gasteiger charge is -2.27. The fraction of sp³-hybridized carbons (Fsp3) is 0.400. The van der Waals surface area contributed by atoms with Crippen molar-refractivity contribution in [2.45, 2.75) is 44.9 Å². The van der Waals surface area contributed by atoms with E-state index in [0.717, 1.165) is 29.8 Å². The van der Waals surface area contributed by atoms with Crippen molar-refractivity contribution in [1.29, 1.82) is 0 Å². The summed E-state index contributed by atoms with van der Waals surface area (Å²) >= 11 is 0. The summed E-state index contributed by atoms with van der Waals surface area (Å²) in [6.07, 6.45) is 9.10. The molecule has 2 aromatic rings. The normalized spacial score (nSPS) is 20.2. The number of nitrogens with one attached hydrogen (secondary N) is 1. The Kier molecular flexibility index (Phi) is 4.15. The summed E-state index contributed by atoms with van der Waals surface area (Å²) in [6, 6.07) is 4.85. The first-order valence-corrected chi connectivity index (χ1v) is 8.90. The summed E-state index contributed by atoms with van der Waals surface area (Å²) in [5.41, 5.74) is 3.35. The number of nitrogens with zero attached hydrogens (tertiary/aromatic N) is 2. The minimum absolute atomic E-state index is 0.0234. The smallest absolute Gasteiger partial charge is 0.227 e. The molecule has 1 saturated carbocycles. The Balaban J connectivity index is 1.65. The summed E-state index contributed by atoms with van der Waals surface area (Å²) in [4.78, 5) is 9.12. The van der Waals surface area contributed by atoms with E-state index in [-0.39, 0.29) is 11.7 Å². The molecule has 1 unspecified atom stereocenters. The van der Waals surface area contributed by atoms with Crippen molar-refractivity contribution < 1.29 is 9.50 Å². The first-order valence-electron chi connectivity index (χ1n) is 8.90. The number of aromatic nitrogens is 2. The predicted octanol–water partition coefficient (Wildman–Crippen LogP) is 4.94. The maximum atomic E-state index is 13.4. The van der Waals surface area contributed by atoms with Gasteiger partial charge in [-0.15, -0.1) is 0 Å². The van der Waals surface area contributed by atoms with Gasteiger partial charge in [-0.3, -0.25) is 0 Å². The number of hydrogen-bond acceptors (Lipinski definition) is 4. The van der Waals surface area contributed by atoms with E-state index in [1.165, 1.54) is 18.9 Å². The number of allylic oxidation sites excluding steroid dienone is 2. The predicted molar refractivity (Wildman–Crippen MR) is 95.6 cm³/mol. The molecule has 0 radical (unpaired) electrons. The molecule has 0 amide bonds. The lowest BCUT2D eigenvalue weighted by Crippen LogP contribution is -2.20. The summed E-state index contributed by atoms with van der Waals surface area (Å²) in [5, 5.41) is 13.6. The third-order valence-electron chi connectivity index (χ3n) is 5.33. The topological polar surface area (TPSA) is 58.0 Å². The largest absolute Gasteiger partial charge is 0.512 e. The second-order valence-corrected chi connectivity index (χ2v) is 7.05. The molecule has 4 rings (SSSR count). The molecule has 1 aromatic carbocycles. The first kappa shape index (κ1) is 16.1. The number of halogens is 1. The van der Waals surface area contributed by atoms with Crippen molar-refractivity contribution in [2.75, 3.05) is 5.32 Å². The van der Waals surface area contributed by atoms with E-state index >= 15 is 0 Å². The molecule has 0 bridgehead atoms. The summed E-state index contributed by atoms with van der Waals surface area (Å²) in [6.45, 7) is 1.73. The maximum absolute atomic E-state index is 13.4. The van der Waals surface area contributed by atoms with Crippen LogP contribution in [0.15, 0.2) is 36.2 Å². The van der Waals surface area contributed by atoms with Gasteiger partial charge in [0.2, 0.25) is 5.95 Å². The number of rotatable bonds is 3. The van der Waals surface area contributed by atoms with Crippen LogP contribution in [0.5, 0.6) is 0 Å². The quantitative estimate of drug-likeness (QED) is 0.831. The molecule has 2 aliphatic carbocycles. The van der Waals surface area contributed by atoms with Crippen LogP contribution >= 0.6 is 0 Å². The number of hydrogen-bond donors (Lipinski definition) is 2. The highest BCUT2D eigenvalue weighted by atomic mass is 19.1. The van der Waals surface area contributed by atoms with Crippen LogP contribution in [0.1, 0.15) is 48.4 Å². The number of aliphatic hydroxyl groups is 1. The molecule has 0 spiro atoms. The zero-order valence-electron chi connectivity index (χ0n) is 14.3. The molecule has 25 heavy (non-hydrogen) atoms. The SMILES string of the molecule is Cc1cc(Nc2ncc3c(n2)C(C2CCCC2)C(O)=CC3)ccc1F. The molecular formula is C20H22FN3O. The highest BCUT2D eigenvalue weighted by Crippen LogP contribution is 2.43. The Morgan fingerprint density at radius 3 is 2.80 bits per heavy atom. The van der Waals surface area contributed by atoms with Gasteiger partial charge >= 0.3 is 0 Å². The Morgan fingerprint density at radius 2 is 2.04 bits per heavy atom. The molecule has 5 heteroatoms. The lowest BCUT2D eigenvalue weighted by atomic mass is 9.81. The highest BCUT2D eigenvalue weighted by Gasteiger charge is 2.34. The average molecular weight is 339 g/mol. The van der Waals surface area contributed by atoms with E-state index in [1.807, 2.05) is 12.3 Å². The minimum atomic E-state index is -0.228. The van der Waals surface area contributed by atoms with Crippen molar-refractivity contribution in [3.63, 3.8) is 0 Å². The standard InChI is InChI=1S/C20H22FN3O/c1-12-10-15(7-8-16(12)21)23-20-22-11-14-6-9-17(25)18(19(14)24-20)13-4-2-3-5-13/h7-11,13,18,25H,2-6H2,1H3,(H,22,23,24). The van der Waals surface area contributed by atoms with Gasteiger partial charge in [-0.2, -0.15) is 0 Å². The Labute approximate surface area is 146 Å². The molecule has 1 heterocycles. The van der Waals surface area contributed by atoms with E-state index in [4.69, 9.17) is 4.98 Å². The van der Waals surface area contributed by atoms with E-state index < -0.39 is 0 Å². The Morgan fingerprint density at radius 1 is 1.24 bits per heavy atom. The molecule has 0 aliphatic heterocycles. The van der Waals surface area contributed by atoms with Crippen LogP contribution in [0.3, 0.4) is 0 Å². The molecule has 1 aromatic heterocycles. The van der Waals surface area contributed by atoms with Crippen molar-refractivity contribution >= 4 is 11.6 Å². The van der Waals surface area contributed by atoms with E-state index in [0.29, 0.717) is 29.6 Å². The van der Waals surface area contributed by atoms with Gasteiger partial charge in [0.05, 0.1) is 17.4 Å². The van der Waals surface area contributed by atoms with Gasteiger partial charge in [0, 0.05) is 11.9 Å². The van der Waals surface area contributed by atoms with Crippen LogP contribution in [0.25, 0.3) is 0 Å². The van der Waals surface area contributed by atoms with Crippen LogP contribution in [-0.4, -0.2) is 15.1 Å². The fourth-order valence-corrected chi connectivity index (χ4v) is 4.00. The van der Waals surface area contributed by atoms with Gasteiger partial charge in [0.1, 0.15) is 5.82 Å². The summed E-state index contributed by atoms with van der Waals surface area (Å²) < 4.78 is 13.4. The van der Waals surface area contributed by atoms with Gasteiger partial charge < -0.3 is 10.4 Å². The molecule has 2 N–H and O–H groups in total. The minimum Gasteiger partial charge on any atom is -0.512 e. The van der Waals surface area contributed by atoms with Gasteiger partial charge in [-0.05, 0) is 67.5 Å². The molecule has 0 saturated heterocycles. The third kappa shape index (κ3) is 3.11. The van der Waals surface area contributed by atoms with Crippen molar-refractivity contribution in [1.82, 2.24) is 9.97 Å². The zero-order chi connectivity index (χ0) is 17.4. The second kappa shape index (κ2) is 6.47. The van der Waals surface area contributed by atoms with Gasteiger partial charge in [0.25, 0.3) is 0 Å². The van der Waals surface area contributed by atoms with Crippen molar-refractivity contribution in [3.05, 3.63) is 58.9 Å². The maximum Gasteiger partial charge on any atom is 0.227 e. The number of anilines is 2. The first-order chi connectivity index (χ1) is 12.1. The van der Waals surface area contributed by atoms with Crippen LogP contribution in [-0.2, 0) is 6.42 Å². The second-order valence-electron chi connectivity index (χ2n) is 7.05. The molecular weight excluding hydrogens is 317 g/mol. The van der Waals surface area contributed by atoms with Crippen LogP contribution in [0.4, 0.5) is 16.0 Å². The molecule has 1 atom stereocenters. The molecule has 2 aliphatic rings. The molecule has 1 fully saturated rings. The van der Waals surface area contributed by atoms with Gasteiger partial charge in [0.15, 0.2) is 0 Å². The Bertz CT molecular complexity index is 828. The zero-order valence-corrected chi connectivity index (χ0v) is 14.3. The Hall–Kier alpha value is -2.43. The van der Waals surface area contributed by atoms with Gasteiger partial charge in [-0.25, -0.2) is 14.4 Å². The van der Waals surface area contributed by atoms with Gasteiger partial charge in [-0.1, -0.05) is 12.8 Å². The van der Waals surface area contributed by atoms with Crippen LogP contribution in [0, 0.1) is 18.7 Å². The van der Waals surface area contributed by atoms with E-state index in [1.54, 1.807) is 19.1 Å². The molecule has 4 nitrogen and oxygen atoms in total. The third-order valence-corrected chi connectivity index (χ3v) is 5.33. The number of aryl methyl sites for hydroxylation is 1. The summed E-state index contributed by atoms with van der Waals surface area (Å²) in [7, 11) is 0.